The molecule has 1 aromatic carbocycles. The lowest BCUT2D eigenvalue weighted by atomic mass is 9.87. The maximum absolute atomic E-state index is 11.8. The Morgan fingerprint density at radius 3 is 2.59 bits per heavy atom. The number of benzene rings is 1. The number of hydrogen-bond acceptors (Lipinski definition) is 2. The predicted octanol–water partition coefficient (Wildman–Crippen LogP) is 2.83. The van der Waals surface area contributed by atoms with Crippen LogP contribution in [0.25, 0.3) is 5.57 Å². The van der Waals surface area contributed by atoms with Gasteiger partial charge >= 0.3 is 0 Å². The van der Waals surface area contributed by atoms with E-state index in [9.17, 15) is 9.90 Å². The van der Waals surface area contributed by atoms with Crippen LogP contribution in [0.5, 0.6) is 0 Å². The SMILES string of the molecule is C/C=C\C1=C(C)C(O)(C(C)=O)c2ccccc21. The van der Waals surface area contributed by atoms with Gasteiger partial charge < -0.3 is 5.11 Å². The zero-order valence-corrected chi connectivity index (χ0v) is 10.3. The van der Waals surface area contributed by atoms with E-state index in [1.165, 1.54) is 6.92 Å². The van der Waals surface area contributed by atoms with E-state index in [-0.39, 0.29) is 5.78 Å². The molecule has 0 aromatic heterocycles. The van der Waals surface area contributed by atoms with Crippen molar-refractivity contribution in [1.82, 2.24) is 0 Å². The lowest BCUT2D eigenvalue weighted by molar-refractivity contribution is -0.132. The molecule has 1 atom stereocenters. The summed E-state index contributed by atoms with van der Waals surface area (Å²) in [5.74, 6) is -0.234. The number of aliphatic hydroxyl groups is 1. The number of hydrogen-bond donors (Lipinski definition) is 1. The Labute approximate surface area is 101 Å². The zero-order chi connectivity index (χ0) is 12.6. The molecule has 0 aliphatic heterocycles. The van der Waals surface area contributed by atoms with Crippen LogP contribution in [0, 0.1) is 0 Å². The smallest absolute Gasteiger partial charge is 0.170 e. The highest BCUT2D eigenvalue weighted by Crippen LogP contribution is 2.45. The van der Waals surface area contributed by atoms with Crippen molar-refractivity contribution in [1.29, 1.82) is 0 Å². The van der Waals surface area contributed by atoms with E-state index in [1.807, 2.05) is 50.3 Å². The first-order valence-electron chi connectivity index (χ1n) is 5.70. The number of Topliss-reactive ketones (excluding diaryl/α,β-unsaturated/α-hetero) is 1. The first kappa shape index (κ1) is 11.8. The van der Waals surface area contributed by atoms with E-state index in [2.05, 4.69) is 0 Å². The van der Waals surface area contributed by atoms with Gasteiger partial charge in [0.2, 0.25) is 0 Å². The predicted molar refractivity (Wildman–Crippen MR) is 68.4 cm³/mol. The second-order valence-corrected chi connectivity index (χ2v) is 4.35. The van der Waals surface area contributed by atoms with Crippen molar-refractivity contribution in [3.63, 3.8) is 0 Å². The summed E-state index contributed by atoms with van der Waals surface area (Å²) in [5, 5.41) is 10.6. The molecular weight excluding hydrogens is 212 g/mol. The molecule has 0 heterocycles. The summed E-state index contributed by atoms with van der Waals surface area (Å²) in [5.41, 5.74) is 1.84. The number of rotatable bonds is 2. The summed E-state index contributed by atoms with van der Waals surface area (Å²) in [7, 11) is 0. The Bertz CT molecular complexity index is 538. The van der Waals surface area contributed by atoms with Gasteiger partial charge in [0, 0.05) is 5.56 Å². The molecule has 0 amide bonds. The van der Waals surface area contributed by atoms with E-state index >= 15 is 0 Å². The third-order valence-corrected chi connectivity index (χ3v) is 3.40. The number of allylic oxidation sites excluding steroid dienone is 3. The lowest BCUT2D eigenvalue weighted by Crippen LogP contribution is -2.33. The Balaban J connectivity index is 2.77. The minimum absolute atomic E-state index is 0.234. The van der Waals surface area contributed by atoms with Crippen LogP contribution in [0.2, 0.25) is 0 Å². The van der Waals surface area contributed by atoms with E-state index < -0.39 is 5.60 Å². The molecule has 0 saturated heterocycles. The first-order chi connectivity index (χ1) is 8.03. The Hall–Kier alpha value is -1.67. The van der Waals surface area contributed by atoms with Gasteiger partial charge in [-0.15, -0.1) is 0 Å². The number of carbonyl (C=O) groups is 1. The molecule has 0 fully saturated rings. The van der Waals surface area contributed by atoms with Crippen LogP contribution in [0.3, 0.4) is 0 Å². The van der Waals surface area contributed by atoms with E-state index in [1.54, 1.807) is 0 Å². The standard InChI is InChI=1S/C15H16O2/c1-4-7-12-10(2)15(17,11(3)16)14-9-6-5-8-13(12)14/h4-9,17H,1-3H3/b7-4-. The van der Waals surface area contributed by atoms with Gasteiger partial charge in [-0.25, -0.2) is 0 Å². The molecule has 2 nitrogen and oxygen atoms in total. The minimum atomic E-state index is -1.45. The Kier molecular flexibility index (Phi) is 2.76. The quantitative estimate of drug-likeness (QED) is 0.845. The molecular formula is C15H16O2. The molecule has 1 unspecified atom stereocenters. The van der Waals surface area contributed by atoms with E-state index in [0.29, 0.717) is 11.1 Å². The second-order valence-electron chi connectivity index (χ2n) is 4.35. The van der Waals surface area contributed by atoms with Crippen LogP contribution in [-0.2, 0) is 10.4 Å². The summed E-state index contributed by atoms with van der Waals surface area (Å²) in [4.78, 5) is 11.8. The van der Waals surface area contributed by atoms with Crippen molar-refractivity contribution in [2.45, 2.75) is 26.4 Å². The molecule has 0 saturated carbocycles. The topological polar surface area (TPSA) is 37.3 Å². The van der Waals surface area contributed by atoms with E-state index in [4.69, 9.17) is 0 Å². The third kappa shape index (κ3) is 1.48. The highest BCUT2D eigenvalue weighted by Gasteiger charge is 2.44. The third-order valence-electron chi connectivity index (χ3n) is 3.40. The largest absolute Gasteiger partial charge is 0.373 e. The van der Waals surface area contributed by atoms with Gasteiger partial charge in [0.1, 0.15) is 0 Å². The van der Waals surface area contributed by atoms with Gasteiger partial charge in [-0.05, 0) is 37.5 Å². The van der Waals surface area contributed by atoms with Gasteiger partial charge in [0.15, 0.2) is 11.4 Å². The maximum Gasteiger partial charge on any atom is 0.170 e. The van der Waals surface area contributed by atoms with E-state index in [0.717, 1.165) is 11.1 Å². The van der Waals surface area contributed by atoms with Crippen molar-refractivity contribution in [3.8, 4) is 0 Å². The normalized spacial score (nSPS) is 23.3. The minimum Gasteiger partial charge on any atom is -0.373 e. The van der Waals surface area contributed by atoms with Crippen molar-refractivity contribution >= 4 is 11.4 Å². The van der Waals surface area contributed by atoms with Gasteiger partial charge in [-0.3, -0.25) is 4.79 Å². The van der Waals surface area contributed by atoms with Gasteiger partial charge in [0.25, 0.3) is 0 Å². The van der Waals surface area contributed by atoms with Crippen LogP contribution in [0.1, 0.15) is 31.9 Å². The van der Waals surface area contributed by atoms with Gasteiger partial charge in [-0.1, -0.05) is 36.4 Å². The zero-order valence-electron chi connectivity index (χ0n) is 10.3. The molecule has 1 N–H and O–H groups in total. The fraction of sp³-hybridized carbons (Fsp3) is 0.267. The van der Waals surface area contributed by atoms with Gasteiger partial charge in [0.05, 0.1) is 0 Å². The molecule has 17 heavy (non-hydrogen) atoms. The summed E-state index contributed by atoms with van der Waals surface area (Å²) < 4.78 is 0. The Morgan fingerprint density at radius 2 is 2.00 bits per heavy atom. The van der Waals surface area contributed by atoms with Crippen LogP contribution in [-0.4, -0.2) is 10.9 Å². The van der Waals surface area contributed by atoms with Crippen LogP contribution in [0.4, 0.5) is 0 Å². The molecule has 1 aliphatic rings. The van der Waals surface area contributed by atoms with Crippen LogP contribution >= 0.6 is 0 Å². The average molecular weight is 228 g/mol. The summed E-state index contributed by atoms with van der Waals surface area (Å²) in [6.07, 6.45) is 3.86. The van der Waals surface area contributed by atoms with Crippen molar-refractivity contribution in [2.75, 3.05) is 0 Å². The molecule has 1 aliphatic carbocycles. The molecule has 1 aromatic rings. The fourth-order valence-electron chi connectivity index (χ4n) is 2.47. The van der Waals surface area contributed by atoms with Crippen LogP contribution < -0.4 is 0 Å². The van der Waals surface area contributed by atoms with Crippen molar-refractivity contribution in [3.05, 3.63) is 53.1 Å². The highest BCUT2D eigenvalue weighted by atomic mass is 16.3. The fourth-order valence-corrected chi connectivity index (χ4v) is 2.47. The molecule has 0 spiro atoms. The number of fused-ring (bicyclic) bond motifs is 1. The van der Waals surface area contributed by atoms with Crippen molar-refractivity contribution < 1.29 is 9.90 Å². The lowest BCUT2D eigenvalue weighted by Gasteiger charge is -2.22. The summed E-state index contributed by atoms with van der Waals surface area (Å²) in [6, 6.07) is 7.52. The maximum atomic E-state index is 11.8. The highest BCUT2D eigenvalue weighted by molar-refractivity contribution is 5.99. The Morgan fingerprint density at radius 1 is 1.35 bits per heavy atom. The average Bonchev–Trinajstić information content (AvgIpc) is 2.54. The first-order valence-corrected chi connectivity index (χ1v) is 5.70. The molecule has 0 bridgehead atoms. The molecule has 88 valence electrons. The monoisotopic (exact) mass is 228 g/mol. The van der Waals surface area contributed by atoms with Gasteiger partial charge in [-0.2, -0.15) is 0 Å². The van der Waals surface area contributed by atoms with Crippen molar-refractivity contribution in [2.24, 2.45) is 0 Å². The van der Waals surface area contributed by atoms with Crippen LogP contribution in [0.15, 0.2) is 42.0 Å². The molecule has 2 heteroatoms. The number of carbonyl (C=O) groups excluding carboxylic acids is 1. The summed E-state index contributed by atoms with van der Waals surface area (Å²) in [6.45, 7) is 5.17. The summed E-state index contributed by atoms with van der Waals surface area (Å²) >= 11 is 0. The molecule has 0 radical (unpaired) electrons. The number of ketones is 1. The second kappa shape index (κ2) is 3.97. The molecule has 2 rings (SSSR count).